The molecule has 0 bridgehead atoms. The van der Waals surface area contributed by atoms with Crippen molar-refractivity contribution in [3.63, 3.8) is 0 Å². The summed E-state index contributed by atoms with van der Waals surface area (Å²) in [6.07, 6.45) is -1.48. The van der Waals surface area contributed by atoms with Gasteiger partial charge in [-0.25, -0.2) is 9.71 Å². The van der Waals surface area contributed by atoms with Gasteiger partial charge in [0, 0.05) is 17.5 Å². The number of ether oxygens (including phenoxy) is 1. The van der Waals surface area contributed by atoms with Gasteiger partial charge in [0.25, 0.3) is 5.91 Å². The minimum absolute atomic E-state index is 0.0768. The number of hydrogen-bond donors (Lipinski definition) is 3. The van der Waals surface area contributed by atoms with Crippen LogP contribution in [0.3, 0.4) is 0 Å². The summed E-state index contributed by atoms with van der Waals surface area (Å²) in [5, 5.41) is 13.0. The number of halogens is 1. The first kappa shape index (κ1) is 24.0. The van der Waals surface area contributed by atoms with Gasteiger partial charge in [-0.05, 0) is 17.7 Å². The summed E-state index contributed by atoms with van der Waals surface area (Å²) < 4.78 is 33.5. The Morgan fingerprint density at radius 1 is 1.21 bits per heavy atom. The topological polar surface area (TPSA) is 138 Å². The number of rotatable bonds is 9. The predicted octanol–water partition coefficient (Wildman–Crippen LogP) is 1.65. The highest BCUT2D eigenvalue weighted by Gasteiger charge is 2.45. The van der Waals surface area contributed by atoms with Crippen molar-refractivity contribution >= 4 is 44.6 Å². The molecule has 0 spiro atoms. The van der Waals surface area contributed by atoms with Crippen LogP contribution in [0.15, 0.2) is 60.7 Å². The molecule has 1 aliphatic rings. The third kappa shape index (κ3) is 5.34. The molecule has 1 aromatic heterocycles. The molecule has 4 rings (SSSR count). The van der Waals surface area contributed by atoms with Crippen molar-refractivity contribution in [3.05, 3.63) is 76.9 Å². The predicted molar refractivity (Wildman–Crippen MR) is 124 cm³/mol. The molecule has 1 saturated heterocycles. The van der Waals surface area contributed by atoms with Crippen molar-refractivity contribution < 1.29 is 27.9 Å². The number of benzene rings is 2. The number of carboxylic acids is 1. The first-order valence-corrected chi connectivity index (χ1v) is 12.0. The van der Waals surface area contributed by atoms with Crippen molar-refractivity contribution in [2.45, 2.75) is 25.4 Å². The van der Waals surface area contributed by atoms with Gasteiger partial charge in [-0.15, -0.1) is 0 Å². The second-order valence-corrected chi connectivity index (χ2v) is 9.59. The van der Waals surface area contributed by atoms with Gasteiger partial charge >= 0.3 is 16.2 Å². The largest absolute Gasteiger partial charge is 0.480 e. The van der Waals surface area contributed by atoms with Crippen LogP contribution in [-0.2, 0) is 37.7 Å². The number of para-hydroxylation sites is 1. The molecule has 0 saturated carbocycles. The Hall–Kier alpha value is -3.09. The van der Waals surface area contributed by atoms with E-state index in [2.05, 4.69) is 10.3 Å². The van der Waals surface area contributed by atoms with Gasteiger partial charge in [0.05, 0.1) is 18.7 Å². The number of carbonyl (C=O) groups excluding carboxylic acids is 1. The first-order chi connectivity index (χ1) is 16.2. The van der Waals surface area contributed by atoms with Crippen molar-refractivity contribution in [2.75, 3.05) is 6.61 Å². The molecule has 0 radical (unpaired) electrons. The standard InChI is InChI=1S/C22H21ClN4O6S/c23-19-16(10-15-8-4-5-9-17(15)24-19)11-27-20(21(28)26-34(27,31)32)25-18(22(29)30)13-33-12-14-6-2-1-3-7-14/h1-10,18,20,25H,11-13H2,(H,26,28)(H,29,30)/t18-,20+/m0/s1. The Morgan fingerprint density at radius 2 is 1.91 bits per heavy atom. The molecule has 34 heavy (non-hydrogen) atoms. The lowest BCUT2D eigenvalue weighted by Gasteiger charge is -2.24. The molecule has 12 heteroatoms. The Bertz CT molecular complexity index is 1320. The molecule has 1 fully saturated rings. The maximum Gasteiger partial charge on any atom is 0.323 e. The SMILES string of the molecule is O=C(O)[C@H](COCc1ccccc1)N[C@H]1C(=O)NS(=O)(=O)N1Cc1cc2ccccc2nc1Cl. The molecule has 1 aliphatic heterocycles. The van der Waals surface area contributed by atoms with E-state index in [0.717, 1.165) is 15.3 Å². The fraction of sp³-hybridized carbons (Fsp3) is 0.227. The van der Waals surface area contributed by atoms with Crippen LogP contribution in [0.1, 0.15) is 11.1 Å². The molecule has 0 unspecified atom stereocenters. The molecular weight excluding hydrogens is 484 g/mol. The highest BCUT2D eigenvalue weighted by atomic mass is 35.5. The van der Waals surface area contributed by atoms with E-state index >= 15 is 0 Å². The highest BCUT2D eigenvalue weighted by Crippen LogP contribution is 2.25. The minimum atomic E-state index is -4.24. The lowest BCUT2D eigenvalue weighted by molar-refractivity contribution is -0.142. The normalized spacial score (nSPS) is 18.6. The van der Waals surface area contributed by atoms with E-state index in [1.165, 1.54) is 0 Å². The summed E-state index contributed by atoms with van der Waals surface area (Å²) in [7, 11) is -4.24. The van der Waals surface area contributed by atoms with Crippen molar-refractivity contribution in [2.24, 2.45) is 0 Å². The zero-order chi connectivity index (χ0) is 24.3. The van der Waals surface area contributed by atoms with E-state index in [1.807, 2.05) is 35.1 Å². The molecule has 0 aliphatic carbocycles. The number of nitrogens with zero attached hydrogens (tertiary/aromatic N) is 2. The second kappa shape index (κ2) is 10.0. The summed E-state index contributed by atoms with van der Waals surface area (Å²) >= 11 is 6.27. The van der Waals surface area contributed by atoms with Crippen molar-refractivity contribution in [1.82, 2.24) is 19.3 Å². The van der Waals surface area contributed by atoms with Gasteiger partial charge in [-0.2, -0.15) is 12.7 Å². The van der Waals surface area contributed by atoms with E-state index in [1.54, 1.807) is 30.3 Å². The molecule has 2 aromatic carbocycles. The molecular formula is C22H21ClN4O6S. The van der Waals surface area contributed by atoms with Gasteiger partial charge in [0.15, 0.2) is 6.17 Å². The molecule has 3 aromatic rings. The van der Waals surface area contributed by atoms with E-state index in [0.29, 0.717) is 11.1 Å². The maximum atomic E-state index is 12.6. The number of aliphatic carboxylic acids is 1. The second-order valence-electron chi connectivity index (χ2n) is 7.61. The number of amides is 1. The Labute approximate surface area is 200 Å². The maximum absolute atomic E-state index is 12.6. The zero-order valence-corrected chi connectivity index (χ0v) is 19.3. The van der Waals surface area contributed by atoms with Crippen LogP contribution in [0.25, 0.3) is 10.9 Å². The third-order valence-corrected chi connectivity index (χ3v) is 6.95. The number of aromatic nitrogens is 1. The minimum Gasteiger partial charge on any atom is -0.480 e. The summed E-state index contributed by atoms with van der Waals surface area (Å²) in [6, 6.07) is 16.6. The Morgan fingerprint density at radius 3 is 2.65 bits per heavy atom. The van der Waals surface area contributed by atoms with Gasteiger partial charge in [0.2, 0.25) is 0 Å². The summed E-state index contributed by atoms with van der Waals surface area (Å²) in [6.45, 7) is -0.434. The number of carbonyl (C=O) groups is 2. The quantitative estimate of drug-likeness (QED) is 0.374. The smallest absolute Gasteiger partial charge is 0.323 e. The monoisotopic (exact) mass is 504 g/mol. The van der Waals surface area contributed by atoms with Crippen molar-refractivity contribution in [3.8, 4) is 0 Å². The van der Waals surface area contributed by atoms with Gasteiger partial charge < -0.3 is 9.84 Å². The van der Waals surface area contributed by atoms with Crippen LogP contribution in [0.5, 0.6) is 0 Å². The van der Waals surface area contributed by atoms with Gasteiger partial charge in [-0.1, -0.05) is 60.1 Å². The molecule has 1 amide bonds. The fourth-order valence-corrected chi connectivity index (χ4v) is 4.94. The Balaban J connectivity index is 1.52. The van der Waals surface area contributed by atoms with Crippen LogP contribution in [0.2, 0.25) is 5.15 Å². The molecule has 178 valence electrons. The van der Waals surface area contributed by atoms with E-state index in [4.69, 9.17) is 16.3 Å². The van der Waals surface area contributed by atoms with E-state index in [-0.39, 0.29) is 24.9 Å². The summed E-state index contributed by atoms with van der Waals surface area (Å²) in [5.41, 5.74) is 1.83. The molecule has 2 heterocycles. The summed E-state index contributed by atoms with van der Waals surface area (Å²) in [4.78, 5) is 28.5. The lowest BCUT2D eigenvalue weighted by Crippen LogP contribution is -2.54. The van der Waals surface area contributed by atoms with Gasteiger partial charge in [-0.3, -0.25) is 14.9 Å². The number of pyridine rings is 1. The van der Waals surface area contributed by atoms with E-state index in [9.17, 15) is 23.1 Å². The number of nitrogens with one attached hydrogen (secondary N) is 2. The van der Waals surface area contributed by atoms with E-state index < -0.39 is 34.3 Å². The fourth-order valence-electron chi connectivity index (χ4n) is 3.51. The number of fused-ring (bicyclic) bond motifs is 1. The van der Waals surface area contributed by atoms with Crippen LogP contribution < -0.4 is 10.0 Å². The average molecular weight is 505 g/mol. The van der Waals surface area contributed by atoms with Crippen LogP contribution >= 0.6 is 11.6 Å². The zero-order valence-electron chi connectivity index (χ0n) is 17.7. The average Bonchev–Trinajstić information content (AvgIpc) is 3.01. The van der Waals surface area contributed by atoms with Crippen LogP contribution in [0.4, 0.5) is 0 Å². The number of hydrogen-bond acceptors (Lipinski definition) is 7. The molecule has 10 nitrogen and oxygen atoms in total. The van der Waals surface area contributed by atoms with Gasteiger partial charge in [0.1, 0.15) is 11.2 Å². The first-order valence-electron chi connectivity index (χ1n) is 10.2. The Kier molecular flexibility index (Phi) is 7.10. The molecule has 2 atom stereocenters. The lowest BCUT2D eigenvalue weighted by atomic mass is 10.1. The van der Waals surface area contributed by atoms with Crippen LogP contribution in [-0.4, -0.2) is 53.5 Å². The summed E-state index contributed by atoms with van der Waals surface area (Å²) in [5.74, 6) is -2.20. The number of carboxylic acid groups (broad SMARTS) is 1. The third-order valence-electron chi connectivity index (χ3n) is 5.20. The molecule has 3 N–H and O–H groups in total. The highest BCUT2D eigenvalue weighted by molar-refractivity contribution is 7.88. The van der Waals surface area contributed by atoms with Crippen molar-refractivity contribution in [1.29, 1.82) is 0 Å². The van der Waals surface area contributed by atoms with Crippen LogP contribution in [0, 0.1) is 0 Å².